The first-order chi connectivity index (χ1) is 11.5. The minimum Gasteiger partial charge on any atom is -0.466 e. The highest BCUT2D eigenvalue weighted by Crippen LogP contribution is 2.35. The van der Waals surface area contributed by atoms with Crippen molar-refractivity contribution < 1.29 is 19.1 Å². The van der Waals surface area contributed by atoms with Crippen LogP contribution in [0.3, 0.4) is 0 Å². The molecule has 0 saturated carbocycles. The summed E-state index contributed by atoms with van der Waals surface area (Å²) in [6.45, 7) is 1.89. The zero-order valence-electron chi connectivity index (χ0n) is 13.3. The van der Waals surface area contributed by atoms with Crippen LogP contribution in [-0.2, 0) is 9.53 Å². The van der Waals surface area contributed by atoms with E-state index >= 15 is 0 Å². The Morgan fingerprint density at radius 3 is 2.83 bits per heavy atom. The summed E-state index contributed by atoms with van der Waals surface area (Å²) in [5.41, 5.74) is 1.97. The highest BCUT2D eigenvalue weighted by molar-refractivity contribution is 9.10. The van der Waals surface area contributed by atoms with E-state index in [4.69, 9.17) is 9.47 Å². The molecule has 1 aromatic carbocycles. The third-order valence-electron chi connectivity index (χ3n) is 3.79. The van der Waals surface area contributed by atoms with Gasteiger partial charge in [-0.15, -0.1) is 0 Å². The summed E-state index contributed by atoms with van der Waals surface area (Å²) in [6, 6.07) is 3.58. The predicted molar refractivity (Wildman–Crippen MR) is 92.4 cm³/mol. The third-order valence-corrected chi connectivity index (χ3v) is 4.38. The van der Waals surface area contributed by atoms with Gasteiger partial charge in [-0.25, -0.2) is 0 Å². The Labute approximate surface area is 148 Å². The number of carbonyl (C=O) groups is 2. The van der Waals surface area contributed by atoms with Gasteiger partial charge in [-0.3, -0.25) is 14.5 Å². The van der Waals surface area contributed by atoms with E-state index in [-0.39, 0.29) is 18.5 Å². The van der Waals surface area contributed by atoms with Gasteiger partial charge in [-0.2, -0.15) is 0 Å². The molecule has 2 aliphatic heterocycles. The molecule has 1 unspecified atom stereocenters. The topological polar surface area (TPSA) is 55.8 Å². The van der Waals surface area contributed by atoms with Crippen LogP contribution < -0.4 is 4.74 Å². The lowest BCUT2D eigenvalue weighted by atomic mass is 9.95. The van der Waals surface area contributed by atoms with Crippen molar-refractivity contribution in [2.24, 2.45) is 5.92 Å². The molecule has 0 spiro atoms. The summed E-state index contributed by atoms with van der Waals surface area (Å²) in [4.78, 5) is 27.0. The molecule has 2 heterocycles. The van der Waals surface area contributed by atoms with Gasteiger partial charge in [0.2, 0.25) is 5.91 Å². The van der Waals surface area contributed by atoms with Crippen molar-refractivity contribution >= 4 is 27.6 Å². The molecule has 6 heteroatoms. The number of allylic oxidation sites excluding steroid dienone is 3. The fourth-order valence-corrected chi connectivity index (χ4v) is 3.41. The molecular weight excluding hydrogens is 374 g/mol. The summed E-state index contributed by atoms with van der Waals surface area (Å²) in [5, 5.41) is 0. The molecule has 5 nitrogen and oxygen atoms in total. The number of benzene rings is 1. The first kappa shape index (κ1) is 16.7. The maximum atomic E-state index is 13.0. The average molecular weight is 390 g/mol. The lowest BCUT2D eigenvalue weighted by Crippen LogP contribution is -2.29. The van der Waals surface area contributed by atoms with Crippen LogP contribution in [0.25, 0.3) is 0 Å². The number of Topliss-reactive ketones (excluding diaryl/α,β-unsaturated/α-hetero) is 1. The van der Waals surface area contributed by atoms with Gasteiger partial charge < -0.3 is 9.47 Å². The maximum absolute atomic E-state index is 13.0. The second kappa shape index (κ2) is 6.75. The molecular formula is C18H16BrNO4. The lowest BCUT2D eigenvalue weighted by molar-refractivity contribution is -0.127. The van der Waals surface area contributed by atoms with E-state index in [1.165, 1.54) is 12.0 Å². The van der Waals surface area contributed by atoms with Crippen molar-refractivity contribution in [1.82, 2.24) is 4.90 Å². The van der Waals surface area contributed by atoms with Crippen LogP contribution in [0, 0.1) is 12.8 Å². The van der Waals surface area contributed by atoms with Gasteiger partial charge in [0.05, 0.1) is 10.0 Å². The second-order valence-corrected chi connectivity index (χ2v) is 6.37. The minimum atomic E-state index is -0.856. The SMILES string of the molecule is COCOc1c(Br)cc(C)cc1C(=O)C1C=C2C=CC=CN2C1=O. The largest absolute Gasteiger partial charge is 0.466 e. The summed E-state index contributed by atoms with van der Waals surface area (Å²) in [7, 11) is 1.51. The van der Waals surface area contributed by atoms with E-state index in [1.807, 2.05) is 19.1 Å². The summed E-state index contributed by atoms with van der Waals surface area (Å²) in [6.07, 6.45) is 8.74. The molecule has 2 aliphatic rings. The molecule has 0 aliphatic carbocycles. The van der Waals surface area contributed by atoms with Crippen LogP contribution in [-0.4, -0.2) is 30.5 Å². The van der Waals surface area contributed by atoms with Crippen molar-refractivity contribution in [2.45, 2.75) is 6.92 Å². The zero-order valence-corrected chi connectivity index (χ0v) is 14.9. The number of fused-ring (bicyclic) bond motifs is 1. The smallest absolute Gasteiger partial charge is 0.245 e. The normalized spacial score (nSPS) is 18.6. The Balaban J connectivity index is 1.98. The molecule has 0 bridgehead atoms. The van der Waals surface area contributed by atoms with Crippen molar-refractivity contribution in [2.75, 3.05) is 13.9 Å². The van der Waals surface area contributed by atoms with Crippen LogP contribution in [0.1, 0.15) is 15.9 Å². The standard InChI is InChI=1S/C18H16BrNO4/c1-11-7-13(17(15(19)8-11)24-10-23-2)16(21)14-9-12-5-3-4-6-20(12)18(14)22/h3-9,14H,10H2,1-2H3. The Morgan fingerprint density at radius 1 is 1.33 bits per heavy atom. The van der Waals surface area contributed by atoms with Gasteiger partial charge in [-0.1, -0.05) is 6.08 Å². The van der Waals surface area contributed by atoms with Gasteiger partial charge >= 0.3 is 0 Å². The summed E-state index contributed by atoms with van der Waals surface area (Å²) < 4.78 is 11.1. The van der Waals surface area contributed by atoms with E-state index in [9.17, 15) is 9.59 Å². The van der Waals surface area contributed by atoms with Gasteiger partial charge in [0.25, 0.3) is 0 Å². The molecule has 0 fully saturated rings. The number of hydrogen-bond acceptors (Lipinski definition) is 4. The summed E-state index contributed by atoms with van der Waals surface area (Å²) >= 11 is 3.42. The first-order valence-corrected chi connectivity index (χ1v) is 8.18. The minimum absolute atomic E-state index is 0.0131. The molecule has 0 radical (unpaired) electrons. The number of ketones is 1. The summed E-state index contributed by atoms with van der Waals surface area (Å²) in [5.74, 6) is -1.02. The molecule has 1 atom stereocenters. The molecule has 0 saturated heterocycles. The van der Waals surface area contributed by atoms with Gasteiger partial charge in [0.15, 0.2) is 12.6 Å². The highest BCUT2D eigenvalue weighted by atomic mass is 79.9. The number of amides is 1. The quantitative estimate of drug-likeness (QED) is 0.440. The number of nitrogens with zero attached hydrogens (tertiary/aromatic N) is 1. The molecule has 0 N–H and O–H groups in total. The van der Waals surface area contributed by atoms with Crippen LogP contribution in [0.5, 0.6) is 5.75 Å². The molecule has 0 aromatic heterocycles. The van der Waals surface area contributed by atoms with Crippen molar-refractivity contribution in [3.8, 4) is 5.75 Å². The molecule has 1 amide bonds. The molecule has 24 heavy (non-hydrogen) atoms. The number of ether oxygens (including phenoxy) is 2. The van der Waals surface area contributed by atoms with Crippen LogP contribution >= 0.6 is 15.9 Å². The monoisotopic (exact) mass is 389 g/mol. The van der Waals surface area contributed by atoms with E-state index < -0.39 is 5.92 Å². The number of halogens is 1. The Hall–Kier alpha value is -2.18. The van der Waals surface area contributed by atoms with Gasteiger partial charge in [0.1, 0.15) is 11.7 Å². The fourth-order valence-electron chi connectivity index (χ4n) is 2.72. The second-order valence-electron chi connectivity index (χ2n) is 5.52. The van der Waals surface area contributed by atoms with Crippen LogP contribution in [0.15, 0.2) is 52.8 Å². The van der Waals surface area contributed by atoms with Crippen molar-refractivity contribution in [3.63, 3.8) is 0 Å². The van der Waals surface area contributed by atoms with Gasteiger partial charge in [-0.05, 0) is 58.8 Å². The number of aryl methyl sites for hydroxylation is 1. The van der Waals surface area contributed by atoms with Crippen molar-refractivity contribution in [3.05, 3.63) is 63.9 Å². The Bertz CT molecular complexity index is 794. The van der Waals surface area contributed by atoms with E-state index in [0.29, 0.717) is 21.5 Å². The fraction of sp³-hybridized carbons (Fsp3) is 0.222. The molecule has 1 aromatic rings. The lowest BCUT2D eigenvalue weighted by Gasteiger charge is -2.17. The number of hydrogen-bond donors (Lipinski definition) is 0. The third kappa shape index (κ3) is 2.95. The average Bonchev–Trinajstić information content (AvgIpc) is 2.90. The number of methoxy groups -OCH3 is 1. The van der Waals surface area contributed by atoms with Gasteiger partial charge in [0, 0.05) is 19.0 Å². The van der Waals surface area contributed by atoms with Crippen LogP contribution in [0.4, 0.5) is 0 Å². The van der Waals surface area contributed by atoms with E-state index in [1.54, 1.807) is 30.5 Å². The van der Waals surface area contributed by atoms with E-state index in [0.717, 1.165) is 5.56 Å². The molecule has 124 valence electrons. The number of carbonyl (C=O) groups excluding carboxylic acids is 2. The van der Waals surface area contributed by atoms with E-state index in [2.05, 4.69) is 15.9 Å². The molecule has 3 rings (SSSR count). The highest BCUT2D eigenvalue weighted by Gasteiger charge is 2.37. The Morgan fingerprint density at radius 2 is 2.12 bits per heavy atom. The number of rotatable bonds is 5. The Kier molecular flexibility index (Phi) is 4.69. The first-order valence-electron chi connectivity index (χ1n) is 7.39. The zero-order chi connectivity index (χ0) is 17.3. The maximum Gasteiger partial charge on any atom is 0.245 e. The predicted octanol–water partition coefficient (Wildman–Crippen LogP) is 3.35. The van der Waals surface area contributed by atoms with Crippen LogP contribution in [0.2, 0.25) is 0 Å². The van der Waals surface area contributed by atoms with Crippen molar-refractivity contribution in [1.29, 1.82) is 0 Å².